The van der Waals surface area contributed by atoms with Crippen molar-refractivity contribution in [3.63, 3.8) is 0 Å². The minimum absolute atomic E-state index is 0.0967. The Labute approximate surface area is 324 Å². The Morgan fingerprint density at radius 3 is 2.64 bits per heavy atom. The van der Waals surface area contributed by atoms with Gasteiger partial charge < -0.3 is 23.5 Å². The maximum Gasteiger partial charge on any atom is 0.283 e. The van der Waals surface area contributed by atoms with Crippen LogP contribution in [0.3, 0.4) is 0 Å². The van der Waals surface area contributed by atoms with Crippen LogP contribution in [0.15, 0.2) is 84.5 Å². The molecule has 1 saturated heterocycles. The van der Waals surface area contributed by atoms with Crippen molar-refractivity contribution >= 4 is 27.5 Å². The average Bonchev–Trinajstić information content (AvgIpc) is 3.65. The Morgan fingerprint density at radius 2 is 1.84 bits per heavy atom. The molecule has 0 radical (unpaired) electrons. The van der Waals surface area contributed by atoms with Gasteiger partial charge in [-0.25, -0.2) is 9.71 Å². The molecule has 2 aliphatic heterocycles. The quantitative estimate of drug-likeness (QED) is 0.156. The summed E-state index contributed by atoms with van der Waals surface area (Å²) in [6, 6.07) is 18.5. The number of nitrogens with zero attached hydrogens (tertiary/aromatic N) is 5. The number of carbonyl (C=O) groups is 1. The number of hydrogen-bond acceptors (Lipinski definition) is 11. The van der Waals surface area contributed by atoms with Crippen LogP contribution in [0, 0.1) is 18.3 Å². The summed E-state index contributed by atoms with van der Waals surface area (Å²) in [5.41, 5.74) is 5.78. The maximum absolute atomic E-state index is 13.5. The van der Waals surface area contributed by atoms with Crippen molar-refractivity contribution in [1.29, 1.82) is 5.26 Å². The summed E-state index contributed by atoms with van der Waals surface area (Å²) in [6.07, 6.45) is 7.83. The van der Waals surface area contributed by atoms with E-state index in [2.05, 4.69) is 26.8 Å². The van der Waals surface area contributed by atoms with E-state index in [-0.39, 0.29) is 24.8 Å². The zero-order valence-electron chi connectivity index (χ0n) is 30.3. The van der Waals surface area contributed by atoms with Gasteiger partial charge in [0, 0.05) is 49.4 Å². The molecule has 0 bridgehead atoms. The molecule has 1 fully saturated rings. The minimum Gasteiger partial charge on any atom is -0.488 e. The van der Waals surface area contributed by atoms with Crippen molar-refractivity contribution in [2.75, 3.05) is 19.8 Å². The second-order valence-corrected chi connectivity index (χ2v) is 15.5. The van der Waals surface area contributed by atoms with Crippen LogP contribution in [0.2, 0.25) is 5.02 Å². The average molecular weight is 783 g/mol. The second-order valence-electron chi connectivity index (χ2n) is 13.4. The third-order valence-corrected chi connectivity index (χ3v) is 11.1. The zero-order valence-corrected chi connectivity index (χ0v) is 31.9. The number of piperidine rings is 1. The smallest absolute Gasteiger partial charge is 0.283 e. The first-order valence-electron chi connectivity index (χ1n) is 17.8. The van der Waals surface area contributed by atoms with Crippen LogP contribution in [0.25, 0.3) is 11.1 Å². The fraction of sp³-hybridized carbons (Fsp3) is 0.300. The number of halogens is 1. The highest BCUT2D eigenvalue weighted by Gasteiger charge is 2.33. The van der Waals surface area contributed by atoms with Gasteiger partial charge in [0.15, 0.2) is 16.5 Å². The molecule has 0 unspecified atom stereocenters. The molecule has 284 valence electrons. The first-order valence-corrected chi connectivity index (χ1v) is 19.6. The summed E-state index contributed by atoms with van der Waals surface area (Å²) in [6.45, 7) is 4.17. The standard InChI is InChI=1S/C40H39ClN6O7S/c1-26-30(6-5-7-32(26)29-9-10-35-38(16-29)52-13-12-51-35)24-54-37-17-36(53-23-28-14-27(18-42)19-43-20-28)31(15-33(37)41)21-47-11-4-3-8-34(47)40(48)45-55(49,50)39-22-46(2)25-44-39/h5-7,9-10,14-17,19-20,22,25,34H,3-4,8,11-13,21,23-24H2,1-2H3,(H,45,48)/t34-/m0/s1. The van der Waals surface area contributed by atoms with Crippen LogP contribution in [0.4, 0.5) is 0 Å². The van der Waals surface area contributed by atoms with Crippen LogP contribution >= 0.6 is 11.6 Å². The number of amides is 1. The van der Waals surface area contributed by atoms with Gasteiger partial charge in [0.1, 0.15) is 44.0 Å². The summed E-state index contributed by atoms with van der Waals surface area (Å²) >= 11 is 6.89. The van der Waals surface area contributed by atoms with Crippen molar-refractivity contribution in [3.05, 3.63) is 112 Å². The fourth-order valence-corrected chi connectivity index (χ4v) is 7.97. The van der Waals surface area contributed by atoms with E-state index in [1.807, 2.05) is 42.2 Å². The molecular weight excluding hydrogens is 744 g/mol. The molecule has 5 aromatic rings. The Kier molecular flexibility index (Phi) is 11.2. The molecule has 2 aromatic heterocycles. The van der Waals surface area contributed by atoms with Gasteiger partial charge in [-0.3, -0.25) is 14.7 Å². The molecule has 13 nitrogen and oxygen atoms in total. The number of sulfonamides is 1. The molecule has 1 atom stereocenters. The highest BCUT2D eigenvalue weighted by molar-refractivity contribution is 7.90. The number of carbonyl (C=O) groups excluding carboxylic acids is 1. The highest BCUT2D eigenvalue weighted by atomic mass is 35.5. The zero-order chi connectivity index (χ0) is 38.5. The van der Waals surface area contributed by atoms with Gasteiger partial charge in [-0.2, -0.15) is 13.7 Å². The number of aryl methyl sites for hydroxylation is 1. The topological polar surface area (TPSA) is 158 Å². The lowest BCUT2D eigenvalue weighted by Crippen LogP contribution is -2.50. The van der Waals surface area contributed by atoms with Gasteiger partial charge in [-0.05, 0) is 72.8 Å². The molecule has 2 aliphatic rings. The van der Waals surface area contributed by atoms with Gasteiger partial charge >= 0.3 is 0 Å². The van der Waals surface area contributed by atoms with E-state index in [4.69, 9.17) is 30.5 Å². The van der Waals surface area contributed by atoms with E-state index in [0.29, 0.717) is 65.1 Å². The van der Waals surface area contributed by atoms with Crippen molar-refractivity contribution in [3.8, 4) is 40.2 Å². The summed E-state index contributed by atoms with van der Waals surface area (Å²) in [4.78, 5) is 23.5. The number of imidazole rings is 1. The van der Waals surface area contributed by atoms with E-state index >= 15 is 0 Å². The highest BCUT2D eigenvalue weighted by Crippen LogP contribution is 2.38. The molecular formula is C40H39ClN6O7S. The van der Waals surface area contributed by atoms with Gasteiger partial charge in [0.05, 0.1) is 23.0 Å². The number of nitriles is 1. The minimum atomic E-state index is -4.16. The molecule has 1 amide bonds. The van der Waals surface area contributed by atoms with Gasteiger partial charge in [0.2, 0.25) is 0 Å². The van der Waals surface area contributed by atoms with E-state index in [9.17, 15) is 18.5 Å². The van der Waals surface area contributed by atoms with E-state index in [0.717, 1.165) is 40.8 Å². The maximum atomic E-state index is 13.5. The van der Waals surface area contributed by atoms with E-state index in [1.165, 1.54) is 23.3 Å². The van der Waals surface area contributed by atoms with Crippen LogP contribution < -0.4 is 23.7 Å². The van der Waals surface area contributed by atoms with Crippen LogP contribution in [0.5, 0.6) is 23.0 Å². The van der Waals surface area contributed by atoms with Gasteiger partial charge in [-0.15, -0.1) is 0 Å². The predicted molar refractivity (Wildman–Crippen MR) is 203 cm³/mol. The lowest BCUT2D eigenvalue weighted by Gasteiger charge is -2.35. The normalized spacial score (nSPS) is 15.6. The molecule has 7 rings (SSSR count). The van der Waals surface area contributed by atoms with Gasteiger partial charge in [0.25, 0.3) is 15.9 Å². The number of fused-ring (bicyclic) bond motifs is 1. The van der Waals surface area contributed by atoms with E-state index < -0.39 is 22.0 Å². The number of ether oxygens (including phenoxy) is 4. The molecule has 1 N–H and O–H groups in total. The molecule has 15 heteroatoms. The second kappa shape index (κ2) is 16.4. The first-order chi connectivity index (χ1) is 26.6. The van der Waals surface area contributed by atoms with Crippen molar-refractivity contribution in [2.24, 2.45) is 7.05 Å². The number of likely N-dealkylation sites (tertiary alicyclic amines) is 1. The number of benzene rings is 3. The Balaban J connectivity index is 1.13. The molecule has 55 heavy (non-hydrogen) atoms. The molecule has 0 spiro atoms. The number of hydrogen-bond donors (Lipinski definition) is 1. The Morgan fingerprint density at radius 1 is 1.02 bits per heavy atom. The predicted octanol–water partition coefficient (Wildman–Crippen LogP) is 6.10. The fourth-order valence-electron chi connectivity index (χ4n) is 6.73. The lowest BCUT2D eigenvalue weighted by atomic mass is 9.96. The van der Waals surface area contributed by atoms with E-state index in [1.54, 1.807) is 31.4 Å². The SMILES string of the molecule is Cc1c(COc2cc(OCc3cncc(C#N)c3)c(CN3CCCC[C@H]3C(=O)NS(=O)(=O)c3cn(C)cn3)cc2Cl)cccc1-c1ccc2c(c1)OCCO2. The number of aromatic nitrogens is 3. The molecule has 0 aliphatic carbocycles. The Hall–Kier alpha value is -5.62. The third-order valence-electron chi connectivity index (χ3n) is 9.60. The van der Waals surface area contributed by atoms with Crippen LogP contribution in [-0.4, -0.2) is 59.6 Å². The largest absolute Gasteiger partial charge is 0.488 e. The van der Waals surface area contributed by atoms with Crippen LogP contribution in [0.1, 0.15) is 47.1 Å². The number of rotatable bonds is 12. The summed E-state index contributed by atoms with van der Waals surface area (Å²) < 4.78 is 53.9. The van der Waals surface area contributed by atoms with Crippen molar-refractivity contribution in [2.45, 2.75) is 57.0 Å². The summed E-state index contributed by atoms with van der Waals surface area (Å²) in [7, 11) is -2.52. The van der Waals surface area contributed by atoms with Crippen LogP contribution in [-0.2, 0) is 41.6 Å². The number of nitrogens with one attached hydrogen (secondary N) is 1. The van der Waals surface area contributed by atoms with Gasteiger partial charge in [-0.1, -0.05) is 42.3 Å². The first kappa shape index (κ1) is 37.7. The van der Waals surface area contributed by atoms with Crippen molar-refractivity contribution in [1.82, 2.24) is 24.2 Å². The molecule has 0 saturated carbocycles. The molecule has 3 aromatic carbocycles. The third kappa shape index (κ3) is 8.70. The Bertz CT molecular complexity index is 2380. The monoisotopic (exact) mass is 782 g/mol. The number of pyridine rings is 1. The summed E-state index contributed by atoms with van der Waals surface area (Å²) in [5, 5.41) is 9.50. The molecule has 4 heterocycles. The lowest BCUT2D eigenvalue weighted by molar-refractivity contribution is -0.126. The summed E-state index contributed by atoms with van der Waals surface area (Å²) in [5.74, 6) is 1.65. The van der Waals surface area contributed by atoms with Crippen molar-refractivity contribution < 1.29 is 32.2 Å².